The molecule has 0 radical (unpaired) electrons. The zero-order valence-corrected chi connectivity index (χ0v) is 12.6. The first-order valence-corrected chi connectivity index (χ1v) is 7.15. The third-order valence-corrected chi connectivity index (χ3v) is 3.66. The molecule has 4 heteroatoms. The van der Waals surface area contributed by atoms with Crippen LogP contribution in [-0.4, -0.2) is 25.5 Å². The molecule has 1 atom stereocenters. The molecule has 1 rings (SSSR count). The zero-order valence-electron chi connectivity index (χ0n) is 12.6. The van der Waals surface area contributed by atoms with Gasteiger partial charge in [-0.1, -0.05) is 19.9 Å². The van der Waals surface area contributed by atoms with Gasteiger partial charge in [-0.15, -0.1) is 0 Å². The number of aldehydes is 1. The standard InChI is InChI=1S/C16H25NO3/c1-4-16(5-2,11-18)12-19-14-7-6-8-15(9-14)20-13(3)10-17/h6-9,11,13H,4-5,10,12,17H2,1-3H3/t13-/m1/s1. The molecule has 1 aromatic rings. The first kappa shape index (κ1) is 16.5. The predicted octanol–water partition coefficient (Wildman–Crippen LogP) is 2.80. The van der Waals surface area contributed by atoms with Crippen LogP contribution in [0.5, 0.6) is 11.5 Å². The van der Waals surface area contributed by atoms with Crippen molar-refractivity contribution < 1.29 is 14.3 Å². The fourth-order valence-electron chi connectivity index (χ4n) is 1.80. The van der Waals surface area contributed by atoms with Crippen LogP contribution < -0.4 is 15.2 Å². The van der Waals surface area contributed by atoms with E-state index in [2.05, 4.69) is 0 Å². The number of carbonyl (C=O) groups excluding carboxylic acids is 1. The Balaban J connectivity index is 2.68. The summed E-state index contributed by atoms with van der Waals surface area (Å²) in [7, 11) is 0. The molecule has 0 aliphatic heterocycles. The van der Waals surface area contributed by atoms with Crippen LogP contribution in [0.4, 0.5) is 0 Å². The molecule has 2 N–H and O–H groups in total. The molecule has 4 nitrogen and oxygen atoms in total. The Kier molecular flexibility index (Phi) is 6.52. The molecule has 1 aromatic carbocycles. The van der Waals surface area contributed by atoms with Crippen molar-refractivity contribution in [2.24, 2.45) is 11.1 Å². The molecule has 112 valence electrons. The van der Waals surface area contributed by atoms with Gasteiger partial charge in [0.2, 0.25) is 0 Å². The SMILES string of the molecule is CCC(C=O)(CC)COc1cccc(O[C@H](C)CN)c1. The lowest BCUT2D eigenvalue weighted by Gasteiger charge is -2.25. The number of benzene rings is 1. The molecule has 0 aliphatic rings. The summed E-state index contributed by atoms with van der Waals surface area (Å²) in [6.07, 6.45) is 2.51. The van der Waals surface area contributed by atoms with E-state index in [0.29, 0.717) is 18.9 Å². The van der Waals surface area contributed by atoms with Gasteiger partial charge in [0.05, 0.1) is 5.41 Å². The van der Waals surface area contributed by atoms with E-state index in [4.69, 9.17) is 15.2 Å². The van der Waals surface area contributed by atoms with Gasteiger partial charge in [0.15, 0.2) is 0 Å². The molecular formula is C16H25NO3. The Hall–Kier alpha value is -1.55. The zero-order chi connectivity index (χ0) is 15.0. The third-order valence-electron chi connectivity index (χ3n) is 3.66. The summed E-state index contributed by atoms with van der Waals surface area (Å²) in [5.41, 5.74) is 5.13. The molecule has 0 bridgehead atoms. The fraction of sp³-hybridized carbons (Fsp3) is 0.562. The number of rotatable bonds is 9. The van der Waals surface area contributed by atoms with Crippen LogP contribution >= 0.6 is 0 Å². The molecule has 0 heterocycles. The Bertz CT molecular complexity index is 416. The second-order valence-electron chi connectivity index (χ2n) is 5.12. The van der Waals surface area contributed by atoms with Gasteiger partial charge in [-0.05, 0) is 31.9 Å². The maximum absolute atomic E-state index is 11.2. The maximum atomic E-state index is 11.2. The van der Waals surface area contributed by atoms with E-state index in [-0.39, 0.29) is 6.10 Å². The smallest absolute Gasteiger partial charge is 0.129 e. The van der Waals surface area contributed by atoms with Gasteiger partial charge in [-0.25, -0.2) is 0 Å². The van der Waals surface area contributed by atoms with Crippen LogP contribution in [0, 0.1) is 5.41 Å². The van der Waals surface area contributed by atoms with Crippen molar-refractivity contribution in [1.82, 2.24) is 0 Å². The molecule has 0 aromatic heterocycles. The van der Waals surface area contributed by atoms with E-state index >= 15 is 0 Å². The predicted molar refractivity (Wildman–Crippen MR) is 80.2 cm³/mol. The second kappa shape index (κ2) is 7.90. The summed E-state index contributed by atoms with van der Waals surface area (Å²) in [6.45, 7) is 6.77. The van der Waals surface area contributed by atoms with E-state index in [1.165, 1.54) is 0 Å². The van der Waals surface area contributed by atoms with Crippen LogP contribution in [0.15, 0.2) is 24.3 Å². The largest absolute Gasteiger partial charge is 0.492 e. The van der Waals surface area contributed by atoms with Crippen LogP contribution in [0.25, 0.3) is 0 Å². The van der Waals surface area contributed by atoms with E-state index in [1.54, 1.807) is 0 Å². The summed E-state index contributed by atoms with van der Waals surface area (Å²) in [5, 5.41) is 0. The maximum Gasteiger partial charge on any atom is 0.129 e. The van der Waals surface area contributed by atoms with Crippen molar-refractivity contribution in [1.29, 1.82) is 0 Å². The summed E-state index contributed by atoms with van der Waals surface area (Å²) < 4.78 is 11.4. The highest BCUT2D eigenvalue weighted by molar-refractivity contribution is 5.59. The van der Waals surface area contributed by atoms with Crippen molar-refractivity contribution in [3.63, 3.8) is 0 Å². The number of nitrogens with two attached hydrogens (primary N) is 1. The summed E-state index contributed by atoms with van der Waals surface area (Å²) >= 11 is 0. The Morgan fingerprint density at radius 1 is 1.30 bits per heavy atom. The van der Waals surface area contributed by atoms with Gasteiger partial charge in [0, 0.05) is 12.6 Å². The Labute approximate surface area is 121 Å². The summed E-state index contributed by atoms with van der Waals surface area (Å²) in [4.78, 5) is 11.2. The third kappa shape index (κ3) is 4.53. The lowest BCUT2D eigenvalue weighted by Crippen LogP contribution is -2.28. The van der Waals surface area contributed by atoms with Gasteiger partial charge < -0.3 is 20.0 Å². The molecular weight excluding hydrogens is 254 g/mol. The van der Waals surface area contributed by atoms with Crippen molar-refractivity contribution in [3.8, 4) is 11.5 Å². The monoisotopic (exact) mass is 279 g/mol. The molecule has 0 spiro atoms. The van der Waals surface area contributed by atoms with Gasteiger partial charge in [0.25, 0.3) is 0 Å². The number of ether oxygens (including phenoxy) is 2. The van der Waals surface area contributed by atoms with Crippen LogP contribution in [0.2, 0.25) is 0 Å². The van der Waals surface area contributed by atoms with Gasteiger partial charge in [-0.2, -0.15) is 0 Å². The van der Waals surface area contributed by atoms with E-state index in [0.717, 1.165) is 24.9 Å². The Morgan fingerprint density at radius 3 is 2.50 bits per heavy atom. The van der Waals surface area contributed by atoms with E-state index in [1.807, 2.05) is 45.0 Å². The molecule has 0 aliphatic carbocycles. The van der Waals surface area contributed by atoms with Crippen molar-refractivity contribution in [2.75, 3.05) is 13.2 Å². The second-order valence-corrected chi connectivity index (χ2v) is 5.12. The summed E-state index contributed by atoms with van der Waals surface area (Å²) in [6, 6.07) is 7.42. The molecule has 0 saturated carbocycles. The van der Waals surface area contributed by atoms with Crippen LogP contribution in [-0.2, 0) is 4.79 Å². The minimum Gasteiger partial charge on any atom is -0.492 e. The number of hydrogen-bond donors (Lipinski definition) is 1. The molecule has 0 fully saturated rings. The lowest BCUT2D eigenvalue weighted by atomic mass is 9.85. The molecule has 0 amide bonds. The first-order valence-electron chi connectivity index (χ1n) is 7.15. The fourth-order valence-corrected chi connectivity index (χ4v) is 1.80. The average Bonchev–Trinajstić information content (AvgIpc) is 2.49. The van der Waals surface area contributed by atoms with Gasteiger partial charge >= 0.3 is 0 Å². The number of carbonyl (C=O) groups is 1. The molecule has 0 unspecified atom stereocenters. The Morgan fingerprint density at radius 2 is 1.95 bits per heavy atom. The van der Waals surface area contributed by atoms with Crippen LogP contribution in [0.3, 0.4) is 0 Å². The highest BCUT2D eigenvalue weighted by Gasteiger charge is 2.26. The lowest BCUT2D eigenvalue weighted by molar-refractivity contribution is -0.118. The van der Waals surface area contributed by atoms with Crippen molar-refractivity contribution in [2.45, 2.75) is 39.7 Å². The minimum absolute atomic E-state index is 0.0365. The molecule has 20 heavy (non-hydrogen) atoms. The number of hydrogen-bond acceptors (Lipinski definition) is 4. The first-order chi connectivity index (χ1) is 9.59. The topological polar surface area (TPSA) is 61.5 Å². The molecule has 0 saturated heterocycles. The quantitative estimate of drug-likeness (QED) is 0.706. The normalized spacial score (nSPS) is 12.8. The van der Waals surface area contributed by atoms with Crippen molar-refractivity contribution in [3.05, 3.63) is 24.3 Å². The van der Waals surface area contributed by atoms with Gasteiger partial charge in [-0.3, -0.25) is 0 Å². The van der Waals surface area contributed by atoms with Crippen LogP contribution in [0.1, 0.15) is 33.6 Å². The highest BCUT2D eigenvalue weighted by atomic mass is 16.5. The van der Waals surface area contributed by atoms with Gasteiger partial charge in [0.1, 0.15) is 30.5 Å². The average molecular weight is 279 g/mol. The van der Waals surface area contributed by atoms with Crippen molar-refractivity contribution >= 4 is 6.29 Å². The highest BCUT2D eigenvalue weighted by Crippen LogP contribution is 2.26. The van der Waals surface area contributed by atoms with E-state index in [9.17, 15) is 4.79 Å². The summed E-state index contributed by atoms with van der Waals surface area (Å²) in [5.74, 6) is 1.44. The van der Waals surface area contributed by atoms with E-state index < -0.39 is 5.41 Å². The minimum atomic E-state index is -0.401.